The molecule has 5 nitrogen and oxygen atoms in total. The zero-order chi connectivity index (χ0) is 17.1. The Morgan fingerprint density at radius 2 is 2.12 bits per heavy atom. The number of aromatic nitrogens is 3. The Kier molecular flexibility index (Phi) is 4.81. The Hall–Kier alpha value is -2.17. The van der Waals surface area contributed by atoms with Gasteiger partial charge in [-0.2, -0.15) is 5.10 Å². The molecule has 1 fully saturated rings. The second-order valence-electron chi connectivity index (χ2n) is 7.33. The third-order valence-electron chi connectivity index (χ3n) is 5.51. The number of aryl methyl sites for hydroxylation is 2. The van der Waals surface area contributed by atoms with Crippen LogP contribution in [0.3, 0.4) is 0 Å². The second kappa shape index (κ2) is 7.38. The van der Waals surface area contributed by atoms with Gasteiger partial charge in [-0.25, -0.2) is 0 Å². The number of nitrogens with zero attached hydrogens (tertiary/aromatic N) is 3. The predicted octanol–water partition coefficient (Wildman–Crippen LogP) is 3.52. The van der Waals surface area contributed by atoms with E-state index in [0.29, 0.717) is 12.5 Å². The van der Waals surface area contributed by atoms with Gasteiger partial charge in [-0.15, -0.1) is 0 Å². The van der Waals surface area contributed by atoms with Gasteiger partial charge in [0, 0.05) is 25.0 Å². The number of carbonyl (C=O) groups is 1. The molecule has 4 rings (SSSR count). The lowest BCUT2D eigenvalue weighted by Gasteiger charge is -2.22. The molecule has 0 aromatic carbocycles. The Labute approximate surface area is 148 Å². The van der Waals surface area contributed by atoms with Crippen molar-refractivity contribution >= 4 is 5.91 Å². The molecule has 132 valence electrons. The van der Waals surface area contributed by atoms with E-state index in [1.165, 1.54) is 31.2 Å². The van der Waals surface area contributed by atoms with Crippen molar-refractivity contribution in [3.63, 3.8) is 0 Å². The normalized spacial score (nSPS) is 20.4. The number of carbonyl (C=O) groups excluding carboxylic acids is 1. The fraction of sp³-hybridized carbons (Fsp3) is 0.550. The van der Waals surface area contributed by atoms with Gasteiger partial charge < -0.3 is 5.32 Å². The molecule has 0 saturated heterocycles. The van der Waals surface area contributed by atoms with E-state index in [0.717, 1.165) is 36.9 Å². The van der Waals surface area contributed by atoms with Crippen LogP contribution in [0.4, 0.5) is 0 Å². The van der Waals surface area contributed by atoms with Crippen LogP contribution in [0.1, 0.15) is 73.9 Å². The minimum atomic E-state index is 0.0767. The first-order chi connectivity index (χ1) is 12.3. The van der Waals surface area contributed by atoms with Gasteiger partial charge in [-0.1, -0.05) is 18.9 Å². The monoisotopic (exact) mass is 338 g/mol. The SMILES string of the molecule is O=C(CCc1cccnc1)N[C@H]1CCCc2cn(C3CCCC3)nc21. The molecular formula is C20H26N4O. The number of pyridine rings is 1. The van der Waals surface area contributed by atoms with Crippen LogP contribution in [-0.2, 0) is 17.6 Å². The molecule has 1 saturated carbocycles. The van der Waals surface area contributed by atoms with Gasteiger partial charge >= 0.3 is 0 Å². The van der Waals surface area contributed by atoms with Crippen molar-refractivity contribution in [2.45, 2.75) is 69.9 Å². The molecule has 2 aliphatic rings. The zero-order valence-corrected chi connectivity index (χ0v) is 14.7. The molecule has 0 spiro atoms. The highest BCUT2D eigenvalue weighted by Gasteiger charge is 2.27. The molecule has 1 N–H and O–H groups in total. The largest absolute Gasteiger partial charge is 0.348 e. The molecule has 0 radical (unpaired) electrons. The maximum atomic E-state index is 12.4. The second-order valence-corrected chi connectivity index (χ2v) is 7.33. The lowest BCUT2D eigenvalue weighted by atomic mass is 9.93. The highest BCUT2D eigenvalue weighted by molar-refractivity contribution is 5.76. The first kappa shape index (κ1) is 16.3. The molecule has 1 amide bonds. The van der Waals surface area contributed by atoms with Crippen LogP contribution in [0.2, 0.25) is 0 Å². The fourth-order valence-electron chi connectivity index (χ4n) is 4.13. The summed E-state index contributed by atoms with van der Waals surface area (Å²) in [6.07, 6.45) is 15.4. The summed E-state index contributed by atoms with van der Waals surface area (Å²) >= 11 is 0. The van der Waals surface area contributed by atoms with Crippen LogP contribution in [0.25, 0.3) is 0 Å². The molecule has 2 aromatic rings. The van der Waals surface area contributed by atoms with Crippen molar-refractivity contribution in [2.75, 3.05) is 0 Å². The number of fused-ring (bicyclic) bond motifs is 1. The molecule has 0 aliphatic heterocycles. The Morgan fingerprint density at radius 1 is 1.24 bits per heavy atom. The van der Waals surface area contributed by atoms with Gasteiger partial charge in [-0.3, -0.25) is 14.5 Å². The number of amides is 1. The van der Waals surface area contributed by atoms with Gasteiger partial charge in [0.25, 0.3) is 0 Å². The summed E-state index contributed by atoms with van der Waals surface area (Å²) < 4.78 is 2.18. The van der Waals surface area contributed by atoms with Gasteiger partial charge in [0.05, 0.1) is 17.8 Å². The topological polar surface area (TPSA) is 59.8 Å². The quantitative estimate of drug-likeness (QED) is 0.907. The van der Waals surface area contributed by atoms with Crippen LogP contribution in [-0.4, -0.2) is 20.7 Å². The summed E-state index contributed by atoms with van der Waals surface area (Å²) in [7, 11) is 0. The molecule has 0 unspecified atom stereocenters. The highest BCUT2D eigenvalue weighted by Crippen LogP contribution is 2.33. The minimum absolute atomic E-state index is 0.0767. The average Bonchev–Trinajstić information content (AvgIpc) is 3.30. The molecular weight excluding hydrogens is 312 g/mol. The van der Waals surface area contributed by atoms with E-state index in [1.54, 1.807) is 6.20 Å². The maximum absolute atomic E-state index is 12.4. The van der Waals surface area contributed by atoms with Crippen LogP contribution in [0, 0.1) is 0 Å². The lowest BCUT2D eigenvalue weighted by Crippen LogP contribution is -2.31. The van der Waals surface area contributed by atoms with E-state index in [2.05, 4.69) is 21.2 Å². The van der Waals surface area contributed by atoms with Crippen LogP contribution >= 0.6 is 0 Å². The van der Waals surface area contributed by atoms with Crippen LogP contribution in [0.15, 0.2) is 30.7 Å². The molecule has 2 aliphatic carbocycles. The first-order valence-electron chi connectivity index (χ1n) is 9.56. The first-order valence-corrected chi connectivity index (χ1v) is 9.56. The van der Waals surface area contributed by atoms with E-state index in [-0.39, 0.29) is 11.9 Å². The molecule has 2 heterocycles. The molecule has 25 heavy (non-hydrogen) atoms. The highest BCUT2D eigenvalue weighted by atomic mass is 16.1. The maximum Gasteiger partial charge on any atom is 0.220 e. The summed E-state index contributed by atoms with van der Waals surface area (Å²) in [5, 5.41) is 8.09. The fourth-order valence-corrected chi connectivity index (χ4v) is 4.13. The van der Waals surface area contributed by atoms with Crippen molar-refractivity contribution in [3.05, 3.63) is 47.5 Å². The minimum Gasteiger partial charge on any atom is -0.348 e. The zero-order valence-electron chi connectivity index (χ0n) is 14.7. The molecule has 1 atom stereocenters. The summed E-state index contributed by atoms with van der Waals surface area (Å²) in [5.41, 5.74) is 3.54. The van der Waals surface area contributed by atoms with Gasteiger partial charge in [0.2, 0.25) is 5.91 Å². The van der Waals surface area contributed by atoms with E-state index in [1.807, 2.05) is 18.3 Å². The van der Waals surface area contributed by atoms with Crippen molar-refractivity contribution in [1.29, 1.82) is 0 Å². The summed E-state index contributed by atoms with van der Waals surface area (Å²) in [4.78, 5) is 16.5. The van der Waals surface area contributed by atoms with E-state index >= 15 is 0 Å². The summed E-state index contributed by atoms with van der Waals surface area (Å²) in [5.74, 6) is 0.108. The number of nitrogens with one attached hydrogen (secondary N) is 1. The van der Waals surface area contributed by atoms with E-state index < -0.39 is 0 Å². The number of rotatable bonds is 5. The smallest absolute Gasteiger partial charge is 0.220 e. The predicted molar refractivity (Wildman–Crippen MR) is 96.1 cm³/mol. The average molecular weight is 338 g/mol. The Morgan fingerprint density at radius 3 is 2.92 bits per heavy atom. The Bertz CT molecular complexity index is 719. The standard InChI is InChI=1S/C20H26N4O/c25-19(11-10-15-5-4-12-21-13-15)22-18-9-3-6-16-14-24(23-20(16)18)17-7-1-2-8-17/h4-5,12-14,17-18H,1-3,6-11H2,(H,22,25)/t18-/m0/s1. The van der Waals surface area contributed by atoms with Crippen molar-refractivity contribution in [3.8, 4) is 0 Å². The Balaban J connectivity index is 1.39. The molecule has 2 aromatic heterocycles. The van der Waals surface area contributed by atoms with Gasteiger partial charge in [0.15, 0.2) is 0 Å². The van der Waals surface area contributed by atoms with E-state index in [4.69, 9.17) is 5.10 Å². The lowest BCUT2D eigenvalue weighted by molar-refractivity contribution is -0.121. The number of hydrogen-bond donors (Lipinski definition) is 1. The van der Waals surface area contributed by atoms with Gasteiger partial charge in [0.1, 0.15) is 0 Å². The van der Waals surface area contributed by atoms with Crippen molar-refractivity contribution in [2.24, 2.45) is 0 Å². The van der Waals surface area contributed by atoms with Gasteiger partial charge in [-0.05, 0) is 55.7 Å². The third kappa shape index (κ3) is 3.75. The van der Waals surface area contributed by atoms with Crippen LogP contribution < -0.4 is 5.32 Å². The summed E-state index contributed by atoms with van der Waals surface area (Å²) in [6.45, 7) is 0. The van der Waals surface area contributed by atoms with Crippen molar-refractivity contribution < 1.29 is 4.79 Å². The third-order valence-corrected chi connectivity index (χ3v) is 5.51. The molecule has 0 bridgehead atoms. The summed E-state index contributed by atoms with van der Waals surface area (Å²) in [6, 6.07) is 4.57. The van der Waals surface area contributed by atoms with Crippen LogP contribution in [0.5, 0.6) is 0 Å². The number of hydrogen-bond acceptors (Lipinski definition) is 3. The molecule has 5 heteroatoms. The van der Waals surface area contributed by atoms with E-state index in [9.17, 15) is 4.79 Å². The van der Waals surface area contributed by atoms with Crippen molar-refractivity contribution in [1.82, 2.24) is 20.1 Å².